The Kier molecular flexibility index (Phi) is 6.97. The van der Waals surface area contributed by atoms with Gasteiger partial charge in [0.2, 0.25) is 11.8 Å². The quantitative estimate of drug-likeness (QED) is 0.486. The molecule has 1 saturated carbocycles. The average molecular weight is 444 g/mol. The zero-order valence-electron chi connectivity index (χ0n) is 19.7. The molecule has 0 bridgehead atoms. The number of benzene rings is 2. The van der Waals surface area contributed by atoms with Crippen molar-refractivity contribution in [3.8, 4) is 0 Å². The number of amides is 2. The first-order valence-corrected chi connectivity index (χ1v) is 11.8. The van der Waals surface area contributed by atoms with E-state index in [-0.39, 0.29) is 30.4 Å². The Hall–Kier alpha value is -3.34. The summed E-state index contributed by atoms with van der Waals surface area (Å²) in [4.78, 5) is 31.2. The van der Waals surface area contributed by atoms with Gasteiger partial charge in [-0.1, -0.05) is 60.7 Å². The van der Waals surface area contributed by atoms with E-state index >= 15 is 0 Å². The fourth-order valence-corrected chi connectivity index (χ4v) is 4.33. The third-order valence-electron chi connectivity index (χ3n) is 6.42. The van der Waals surface area contributed by atoms with E-state index < -0.39 is 5.92 Å². The highest BCUT2D eigenvalue weighted by molar-refractivity contribution is 5.91. The Labute approximate surface area is 196 Å². The molecule has 1 fully saturated rings. The number of nitrogens with zero attached hydrogens (tertiary/aromatic N) is 3. The Morgan fingerprint density at radius 3 is 1.94 bits per heavy atom. The summed E-state index contributed by atoms with van der Waals surface area (Å²) >= 11 is 0. The molecule has 3 aromatic rings. The summed E-state index contributed by atoms with van der Waals surface area (Å²) in [5.41, 5.74) is 2.98. The van der Waals surface area contributed by atoms with Crippen LogP contribution in [0.2, 0.25) is 0 Å². The first-order valence-electron chi connectivity index (χ1n) is 11.8. The van der Waals surface area contributed by atoms with Crippen LogP contribution in [-0.2, 0) is 23.2 Å². The van der Waals surface area contributed by atoms with E-state index in [2.05, 4.69) is 10.6 Å². The summed E-state index contributed by atoms with van der Waals surface area (Å²) in [5, 5.41) is 0. The molecular weight excluding hydrogens is 410 g/mol. The summed E-state index contributed by atoms with van der Waals surface area (Å²) in [6, 6.07) is 23.9. The smallest absolute Gasteiger partial charge is 0.242 e. The van der Waals surface area contributed by atoms with Crippen LogP contribution in [0.15, 0.2) is 79.0 Å². The molecule has 0 radical (unpaired) electrons. The van der Waals surface area contributed by atoms with Crippen LogP contribution in [0.25, 0.3) is 0 Å². The summed E-state index contributed by atoms with van der Waals surface area (Å²) < 4.78 is 2.05. The highest BCUT2D eigenvalue weighted by Crippen LogP contribution is 2.30. The lowest BCUT2D eigenvalue weighted by Gasteiger charge is -2.33. The van der Waals surface area contributed by atoms with Gasteiger partial charge >= 0.3 is 0 Å². The Morgan fingerprint density at radius 2 is 1.48 bits per heavy atom. The summed E-state index contributed by atoms with van der Waals surface area (Å²) in [7, 11) is 2.00. The molecule has 5 nitrogen and oxygen atoms in total. The predicted molar refractivity (Wildman–Crippen MR) is 131 cm³/mol. The monoisotopic (exact) mass is 443 g/mol. The van der Waals surface area contributed by atoms with Gasteiger partial charge in [-0.05, 0) is 49.9 Å². The zero-order chi connectivity index (χ0) is 23.4. The number of carbonyl (C=O) groups is 2. The maximum absolute atomic E-state index is 14.0. The molecule has 1 aromatic heterocycles. The van der Waals surface area contributed by atoms with Crippen molar-refractivity contribution in [2.75, 3.05) is 6.54 Å². The average Bonchev–Trinajstić information content (AvgIpc) is 3.58. The molecule has 0 unspecified atom stereocenters. The van der Waals surface area contributed by atoms with Gasteiger partial charge in [-0.3, -0.25) is 9.59 Å². The van der Waals surface area contributed by atoms with Gasteiger partial charge in [0.15, 0.2) is 0 Å². The molecule has 1 heterocycles. The molecule has 2 amide bonds. The van der Waals surface area contributed by atoms with Crippen LogP contribution in [0.4, 0.5) is 0 Å². The maximum Gasteiger partial charge on any atom is 0.242 e. The molecule has 1 aliphatic rings. The van der Waals surface area contributed by atoms with E-state index in [1.807, 2.05) is 98.7 Å². The maximum atomic E-state index is 14.0. The SMILES string of the molecule is CC(C)N(CC(=O)N(Cc1cccn1C)C1CC1)C(=O)C(c1ccccc1)c1ccccc1. The lowest BCUT2D eigenvalue weighted by atomic mass is 9.89. The predicted octanol–water partition coefficient (Wildman–Crippen LogP) is 4.59. The number of aryl methyl sites for hydroxylation is 1. The van der Waals surface area contributed by atoms with E-state index in [0.29, 0.717) is 6.54 Å². The van der Waals surface area contributed by atoms with E-state index in [4.69, 9.17) is 0 Å². The van der Waals surface area contributed by atoms with Gasteiger partial charge in [-0.25, -0.2) is 0 Å². The molecule has 2 aromatic carbocycles. The third-order valence-corrected chi connectivity index (χ3v) is 6.42. The summed E-state index contributed by atoms with van der Waals surface area (Å²) in [6.45, 7) is 4.63. The second-order valence-corrected chi connectivity index (χ2v) is 9.18. The van der Waals surface area contributed by atoms with E-state index in [1.165, 1.54) is 0 Å². The van der Waals surface area contributed by atoms with Crippen molar-refractivity contribution in [1.29, 1.82) is 0 Å². The number of hydrogen-bond acceptors (Lipinski definition) is 2. The minimum absolute atomic E-state index is 0.0145. The van der Waals surface area contributed by atoms with Crippen LogP contribution >= 0.6 is 0 Å². The fourth-order valence-electron chi connectivity index (χ4n) is 4.33. The van der Waals surface area contributed by atoms with Crippen LogP contribution in [0, 0.1) is 0 Å². The highest BCUT2D eigenvalue weighted by Gasteiger charge is 2.36. The lowest BCUT2D eigenvalue weighted by molar-refractivity contribution is -0.143. The molecule has 172 valence electrons. The Morgan fingerprint density at radius 1 is 0.909 bits per heavy atom. The normalized spacial score (nSPS) is 13.4. The first kappa shape index (κ1) is 22.8. The highest BCUT2D eigenvalue weighted by atomic mass is 16.2. The number of aromatic nitrogens is 1. The topological polar surface area (TPSA) is 45.6 Å². The van der Waals surface area contributed by atoms with Crippen molar-refractivity contribution >= 4 is 11.8 Å². The van der Waals surface area contributed by atoms with Crippen molar-refractivity contribution in [1.82, 2.24) is 14.4 Å². The second-order valence-electron chi connectivity index (χ2n) is 9.18. The second kappa shape index (κ2) is 10.1. The minimum Gasteiger partial charge on any atom is -0.353 e. The standard InChI is InChI=1S/C28H33N3O2/c1-21(2)30(20-26(32)31(24-16-17-24)19-25-15-10-18-29(25)3)28(33)27(22-11-6-4-7-12-22)23-13-8-5-9-14-23/h4-15,18,21,24,27H,16-17,19-20H2,1-3H3. The van der Waals surface area contributed by atoms with Crippen LogP contribution < -0.4 is 0 Å². The molecular formula is C28H33N3O2. The molecule has 4 rings (SSSR count). The molecule has 0 atom stereocenters. The van der Waals surface area contributed by atoms with Crippen molar-refractivity contribution in [3.63, 3.8) is 0 Å². The molecule has 33 heavy (non-hydrogen) atoms. The fraction of sp³-hybridized carbons (Fsp3) is 0.357. The van der Waals surface area contributed by atoms with Gasteiger partial charge in [-0.2, -0.15) is 0 Å². The van der Waals surface area contributed by atoms with Crippen LogP contribution in [0.3, 0.4) is 0 Å². The third kappa shape index (κ3) is 5.36. The minimum atomic E-state index is -0.440. The summed E-state index contributed by atoms with van der Waals surface area (Å²) in [6.07, 6.45) is 4.06. The number of hydrogen-bond donors (Lipinski definition) is 0. The van der Waals surface area contributed by atoms with Crippen molar-refractivity contribution < 1.29 is 9.59 Å². The summed E-state index contributed by atoms with van der Waals surface area (Å²) in [5.74, 6) is -0.462. The lowest BCUT2D eigenvalue weighted by Crippen LogP contribution is -2.48. The molecule has 0 saturated heterocycles. The van der Waals surface area contributed by atoms with Gasteiger partial charge in [0, 0.05) is 31.0 Å². The van der Waals surface area contributed by atoms with Crippen molar-refractivity contribution in [3.05, 3.63) is 95.8 Å². The molecule has 0 aliphatic heterocycles. The van der Waals surface area contributed by atoms with Crippen LogP contribution in [-0.4, -0.2) is 44.8 Å². The van der Waals surface area contributed by atoms with Crippen molar-refractivity contribution in [2.45, 2.75) is 51.2 Å². The van der Waals surface area contributed by atoms with E-state index in [1.54, 1.807) is 4.90 Å². The molecule has 5 heteroatoms. The van der Waals surface area contributed by atoms with Gasteiger partial charge in [0.05, 0.1) is 12.5 Å². The van der Waals surface area contributed by atoms with E-state index in [0.717, 1.165) is 29.7 Å². The molecule has 0 N–H and O–H groups in total. The van der Waals surface area contributed by atoms with Gasteiger partial charge < -0.3 is 14.4 Å². The van der Waals surface area contributed by atoms with Crippen LogP contribution in [0.1, 0.15) is 49.4 Å². The molecule has 1 aliphatic carbocycles. The number of carbonyl (C=O) groups excluding carboxylic acids is 2. The van der Waals surface area contributed by atoms with Gasteiger partial charge in [0.1, 0.15) is 6.54 Å². The zero-order valence-corrected chi connectivity index (χ0v) is 19.7. The van der Waals surface area contributed by atoms with Gasteiger partial charge in [-0.15, -0.1) is 0 Å². The molecule has 0 spiro atoms. The van der Waals surface area contributed by atoms with Gasteiger partial charge in [0.25, 0.3) is 0 Å². The van der Waals surface area contributed by atoms with E-state index in [9.17, 15) is 9.59 Å². The first-order chi connectivity index (χ1) is 16.0. The largest absolute Gasteiger partial charge is 0.353 e. The number of rotatable bonds is 9. The van der Waals surface area contributed by atoms with Crippen molar-refractivity contribution in [2.24, 2.45) is 7.05 Å². The Bertz CT molecular complexity index is 1030. The van der Waals surface area contributed by atoms with Crippen LogP contribution in [0.5, 0.6) is 0 Å². The Balaban J connectivity index is 1.59.